The highest BCUT2D eigenvalue weighted by atomic mass is 16.5. The number of aromatic nitrogens is 1. The molecule has 0 aliphatic carbocycles. The Bertz CT molecular complexity index is 1060. The Balaban J connectivity index is 1.83. The Morgan fingerprint density at radius 2 is 1.47 bits per heavy atom. The molecule has 3 heteroatoms. The standard InChI is InChI=1S/C27H33NO2/c1-17-9-11-23(12-10-17)28-20(4)15-24(21(28)5)26(29)30-16-25-18(2)13-22(14-19(25)3)27(6,7)8/h9-15H,16H2,1-8H3. The van der Waals surface area contributed by atoms with Gasteiger partial charge in [0.2, 0.25) is 0 Å². The van der Waals surface area contributed by atoms with Crippen molar-refractivity contribution < 1.29 is 9.53 Å². The molecule has 3 nitrogen and oxygen atoms in total. The molecule has 0 bridgehead atoms. The molecule has 0 N–H and O–H groups in total. The second kappa shape index (κ2) is 8.14. The summed E-state index contributed by atoms with van der Waals surface area (Å²) in [5.41, 5.74) is 9.62. The number of carbonyl (C=O) groups is 1. The quantitative estimate of drug-likeness (QED) is 0.455. The maximum Gasteiger partial charge on any atom is 0.340 e. The van der Waals surface area contributed by atoms with Gasteiger partial charge in [-0.2, -0.15) is 0 Å². The number of nitrogens with zero attached hydrogens (tertiary/aromatic N) is 1. The second-order valence-corrected chi connectivity index (χ2v) is 9.37. The summed E-state index contributed by atoms with van der Waals surface area (Å²) in [4.78, 5) is 12.9. The van der Waals surface area contributed by atoms with Crippen LogP contribution in [0, 0.1) is 34.6 Å². The molecule has 158 valence electrons. The minimum absolute atomic E-state index is 0.0955. The number of ether oxygens (including phenoxy) is 1. The van der Waals surface area contributed by atoms with Crippen LogP contribution in [0.5, 0.6) is 0 Å². The minimum Gasteiger partial charge on any atom is -0.457 e. The lowest BCUT2D eigenvalue weighted by Gasteiger charge is -2.22. The maximum atomic E-state index is 12.9. The number of hydrogen-bond donors (Lipinski definition) is 0. The molecular formula is C27H33NO2. The summed E-state index contributed by atoms with van der Waals surface area (Å²) in [6, 6.07) is 14.7. The van der Waals surface area contributed by atoms with Gasteiger partial charge in [-0.1, -0.05) is 50.6 Å². The molecule has 2 aromatic carbocycles. The van der Waals surface area contributed by atoms with Crippen molar-refractivity contribution in [1.82, 2.24) is 4.57 Å². The van der Waals surface area contributed by atoms with E-state index in [0.717, 1.165) is 33.8 Å². The van der Waals surface area contributed by atoms with Gasteiger partial charge in [-0.15, -0.1) is 0 Å². The zero-order chi connectivity index (χ0) is 22.2. The first-order valence-electron chi connectivity index (χ1n) is 10.5. The van der Waals surface area contributed by atoms with E-state index >= 15 is 0 Å². The van der Waals surface area contributed by atoms with Gasteiger partial charge >= 0.3 is 5.97 Å². The van der Waals surface area contributed by atoms with Gasteiger partial charge in [-0.25, -0.2) is 4.79 Å². The summed E-state index contributed by atoms with van der Waals surface area (Å²) in [5.74, 6) is -0.278. The van der Waals surface area contributed by atoms with Crippen molar-refractivity contribution in [2.24, 2.45) is 0 Å². The Hall–Kier alpha value is -2.81. The monoisotopic (exact) mass is 403 g/mol. The van der Waals surface area contributed by atoms with Gasteiger partial charge in [-0.05, 0) is 80.5 Å². The van der Waals surface area contributed by atoms with Crippen LogP contribution in [-0.2, 0) is 16.8 Å². The number of hydrogen-bond acceptors (Lipinski definition) is 2. The van der Waals surface area contributed by atoms with E-state index in [9.17, 15) is 4.79 Å². The highest BCUT2D eigenvalue weighted by molar-refractivity contribution is 5.91. The van der Waals surface area contributed by atoms with Crippen molar-refractivity contribution in [3.8, 4) is 5.69 Å². The van der Waals surface area contributed by atoms with E-state index < -0.39 is 0 Å². The van der Waals surface area contributed by atoms with Crippen LogP contribution in [0.25, 0.3) is 5.69 Å². The predicted octanol–water partition coefficient (Wildman–Crippen LogP) is 6.67. The fourth-order valence-electron chi connectivity index (χ4n) is 3.93. The second-order valence-electron chi connectivity index (χ2n) is 9.37. The first-order chi connectivity index (χ1) is 14.0. The topological polar surface area (TPSA) is 31.2 Å². The molecule has 3 rings (SSSR count). The van der Waals surface area contributed by atoms with Crippen molar-refractivity contribution >= 4 is 5.97 Å². The van der Waals surface area contributed by atoms with E-state index in [-0.39, 0.29) is 18.0 Å². The first kappa shape index (κ1) is 21.9. The van der Waals surface area contributed by atoms with Crippen molar-refractivity contribution in [2.45, 2.75) is 67.4 Å². The average molecular weight is 404 g/mol. The van der Waals surface area contributed by atoms with Gasteiger partial charge < -0.3 is 9.30 Å². The molecule has 0 radical (unpaired) electrons. The van der Waals surface area contributed by atoms with Crippen LogP contribution < -0.4 is 0 Å². The van der Waals surface area contributed by atoms with E-state index in [1.807, 2.05) is 19.9 Å². The molecule has 0 saturated heterocycles. The Morgan fingerprint density at radius 3 is 2.00 bits per heavy atom. The lowest BCUT2D eigenvalue weighted by Crippen LogP contribution is -2.13. The third-order valence-corrected chi connectivity index (χ3v) is 5.85. The third-order valence-electron chi connectivity index (χ3n) is 5.85. The number of carbonyl (C=O) groups excluding carboxylic acids is 1. The number of benzene rings is 2. The van der Waals surface area contributed by atoms with Crippen LogP contribution in [0.3, 0.4) is 0 Å². The molecule has 0 fully saturated rings. The molecule has 0 aliphatic rings. The van der Waals surface area contributed by atoms with Gasteiger partial charge in [0.05, 0.1) is 5.56 Å². The van der Waals surface area contributed by atoms with Gasteiger partial charge in [0.15, 0.2) is 0 Å². The first-order valence-corrected chi connectivity index (χ1v) is 10.5. The van der Waals surface area contributed by atoms with Crippen molar-refractivity contribution in [1.29, 1.82) is 0 Å². The molecule has 0 spiro atoms. The Labute approximate surface area is 180 Å². The lowest BCUT2D eigenvalue weighted by molar-refractivity contribution is 0.0470. The van der Waals surface area contributed by atoms with Crippen LogP contribution in [0.2, 0.25) is 0 Å². The molecule has 1 aromatic heterocycles. The SMILES string of the molecule is Cc1ccc(-n2c(C)cc(C(=O)OCc3c(C)cc(C(C)(C)C)cc3C)c2C)cc1. The molecule has 0 saturated carbocycles. The third kappa shape index (κ3) is 4.35. The molecule has 0 unspecified atom stereocenters. The Kier molecular flexibility index (Phi) is 5.94. The average Bonchev–Trinajstić information content (AvgIpc) is 2.95. The smallest absolute Gasteiger partial charge is 0.340 e. The Morgan fingerprint density at radius 1 is 0.900 bits per heavy atom. The normalized spacial score (nSPS) is 11.6. The van der Waals surface area contributed by atoms with E-state index in [1.54, 1.807) is 0 Å². The highest BCUT2D eigenvalue weighted by Gasteiger charge is 2.20. The van der Waals surface area contributed by atoms with E-state index in [1.165, 1.54) is 11.1 Å². The predicted molar refractivity (Wildman–Crippen MR) is 124 cm³/mol. The van der Waals surface area contributed by atoms with Gasteiger partial charge in [-0.3, -0.25) is 0 Å². The summed E-state index contributed by atoms with van der Waals surface area (Å²) in [6.45, 7) is 17.2. The summed E-state index contributed by atoms with van der Waals surface area (Å²) in [7, 11) is 0. The van der Waals surface area contributed by atoms with Crippen molar-refractivity contribution in [3.05, 3.63) is 87.2 Å². The van der Waals surface area contributed by atoms with Crippen LogP contribution in [0.4, 0.5) is 0 Å². The van der Waals surface area contributed by atoms with Crippen molar-refractivity contribution in [3.63, 3.8) is 0 Å². The number of esters is 1. The largest absolute Gasteiger partial charge is 0.457 e. The molecule has 1 heterocycles. The van der Waals surface area contributed by atoms with E-state index in [0.29, 0.717) is 5.56 Å². The van der Waals surface area contributed by atoms with E-state index in [2.05, 4.69) is 82.5 Å². The van der Waals surface area contributed by atoms with Crippen molar-refractivity contribution in [2.75, 3.05) is 0 Å². The highest BCUT2D eigenvalue weighted by Crippen LogP contribution is 2.28. The summed E-state index contributed by atoms with van der Waals surface area (Å²) in [6.07, 6.45) is 0. The van der Waals surface area contributed by atoms with Gasteiger partial charge in [0.1, 0.15) is 6.61 Å². The van der Waals surface area contributed by atoms with Crippen LogP contribution in [-0.4, -0.2) is 10.5 Å². The molecule has 0 atom stereocenters. The molecule has 3 aromatic rings. The van der Waals surface area contributed by atoms with Gasteiger partial charge in [0, 0.05) is 17.1 Å². The summed E-state index contributed by atoms with van der Waals surface area (Å²) >= 11 is 0. The minimum atomic E-state index is -0.278. The van der Waals surface area contributed by atoms with Crippen LogP contribution in [0.1, 0.15) is 70.3 Å². The van der Waals surface area contributed by atoms with E-state index in [4.69, 9.17) is 4.74 Å². The molecule has 0 aliphatic heterocycles. The summed E-state index contributed by atoms with van der Waals surface area (Å²) in [5, 5.41) is 0. The van der Waals surface area contributed by atoms with Crippen LogP contribution >= 0.6 is 0 Å². The number of rotatable bonds is 4. The zero-order valence-electron chi connectivity index (χ0n) is 19.5. The van der Waals surface area contributed by atoms with Crippen LogP contribution in [0.15, 0.2) is 42.5 Å². The summed E-state index contributed by atoms with van der Waals surface area (Å²) < 4.78 is 7.86. The maximum absolute atomic E-state index is 12.9. The molecule has 0 amide bonds. The fraction of sp³-hybridized carbons (Fsp3) is 0.370. The number of aryl methyl sites for hydroxylation is 4. The van der Waals surface area contributed by atoms with Gasteiger partial charge in [0.25, 0.3) is 0 Å². The fourth-order valence-corrected chi connectivity index (χ4v) is 3.93. The lowest BCUT2D eigenvalue weighted by atomic mass is 9.84. The molecular weight excluding hydrogens is 370 g/mol. The molecule has 30 heavy (non-hydrogen) atoms. The zero-order valence-corrected chi connectivity index (χ0v) is 19.5.